The van der Waals surface area contributed by atoms with Crippen molar-refractivity contribution < 1.29 is 27.4 Å². The molecule has 0 aliphatic carbocycles. The summed E-state index contributed by atoms with van der Waals surface area (Å²) < 4.78 is 42.8. The number of benzene rings is 2. The van der Waals surface area contributed by atoms with Gasteiger partial charge in [0.25, 0.3) is 5.91 Å². The molecule has 8 nitrogen and oxygen atoms in total. The summed E-state index contributed by atoms with van der Waals surface area (Å²) in [5.41, 5.74) is 2.17. The van der Waals surface area contributed by atoms with E-state index < -0.39 is 22.0 Å². The maximum atomic E-state index is 12.8. The Bertz CT molecular complexity index is 1050. The van der Waals surface area contributed by atoms with Crippen molar-refractivity contribution in [2.75, 3.05) is 30.3 Å². The number of amides is 1. The van der Waals surface area contributed by atoms with Crippen molar-refractivity contribution in [3.63, 3.8) is 0 Å². The first-order valence-electron chi connectivity index (χ1n) is 10.1. The lowest BCUT2D eigenvalue weighted by atomic mass is 10.1. The molecule has 168 valence electrons. The van der Waals surface area contributed by atoms with Crippen LogP contribution in [-0.2, 0) is 21.4 Å². The summed E-state index contributed by atoms with van der Waals surface area (Å²) in [6.45, 7) is 6.82. The second-order valence-corrected chi connectivity index (χ2v) is 9.14. The molecule has 1 aliphatic rings. The zero-order valence-corrected chi connectivity index (χ0v) is 19.0. The Labute approximate surface area is 183 Å². The molecule has 31 heavy (non-hydrogen) atoms. The minimum absolute atomic E-state index is 0.0887. The molecule has 0 fully saturated rings. The number of hydrogen-bond donors (Lipinski definition) is 1. The van der Waals surface area contributed by atoms with Crippen molar-refractivity contribution in [3.05, 3.63) is 47.5 Å². The van der Waals surface area contributed by atoms with Gasteiger partial charge in [-0.2, -0.15) is 0 Å². The van der Waals surface area contributed by atoms with Crippen LogP contribution in [-0.4, -0.2) is 46.4 Å². The van der Waals surface area contributed by atoms with Gasteiger partial charge in [-0.3, -0.25) is 9.10 Å². The number of fused-ring (bicyclic) bond motifs is 1. The summed E-state index contributed by atoms with van der Waals surface area (Å²) in [7, 11) is -3.57. The highest BCUT2D eigenvalue weighted by Gasteiger charge is 2.35. The Morgan fingerprint density at radius 3 is 2.52 bits per heavy atom. The topological polar surface area (TPSA) is 94.2 Å². The number of rotatable bonds is 8. The van der Waals surface area contributed by atoms with Crippen molar-refractivity contribution in [1.82, 2.24) is 5.32 Å². The van der Waals surface area contributed by atoms with Gasteiger partial charge in [-0.1, -0.05) is 12.1 Å². The fourth-order valence-corrected chi connectivity index (χ4v) is 4.23. The van der Waals surface area contributed by atoms with Crippen molar-refractivity contribution in [1.29, 1.82) is 0 Å². The van der Waals surface area contributed by atoms with Crippen LogP contribution in [0.2, 0.25) is 0 Å². The smallest absolute Gasteiger partial charge is 0.263 e. The molecule has 1 amide bonds. The first-order chi connectivity index (χ1) is 14.7. The van der Waals surface area contributed by atoms with Gasteiger partial charge in [-0.25, -0.2) is 8.42 Å². The quantitative estimate of drug-likeness (QED) is 0.667. The molecule has 0 saturated heterocycles. The van der Waals surface area contributed by atoms with Gasteiger partial charge in [-0.15, -0.1) is 0 Å². The third kappa shape index (κ3) is 5.41. The molecule has 9 heteroatoms. The van der Waals surface area contributed by atoms with Gasteiger partial charge in [0.15, 0.2) is 17.6 Å². The molecule has 0 radical (unpaired) electrons. The highest BCUT2D eigenvalue weighted by Crippen LogP contribution is 2.36. The third-order valence-corrected chi connectivity index (χ3v) is 5.90. The lowest BCUT2D eigenvalue weighted by Crippen LogP contribution is -2.50. The van der Waals surface area contributed by atoms with E-state index in [2.05, 4.69) is 5.32 Å². The van der Waals surface area contributed by atoms with E-state index in [-0.39, 0.29) is 13.1 Å². The molecule has 2 aromatic rings. The molecule has 0 bridgehead atoms. The number of carbonyl (C=O) groups is 1. The van der Waals surface area contributed by atoms with E-state index >= 15 is 0 Å². The molecule has 1 heterocycles. The lowest BCUT2D eigenvalue weighted by molar-refractivity contribution is -0.127. The summed E-state index contributed by atoms with van der Waals surface area (Å²) in [6.07, 6.45) is 0.160. The average Bonchev–Trinajstić information content (AvgIpc) is 2.72. The zero-order valence-electron chi connectivity index (χ0n) is 18.2. The highest BCUT2D eigenvalue weighted by atomic mass is 32.2. The minimum atomic E-state index is -3.57. The van der Waals surface area contributed by atoms with Crippen LogP contribution in [0.4, 0.5) is 5.69 Å². The third-order valence-electron chi connectivity index (χ3n) is 4.75. The second-order valence-electron chi connectivity index (χ2n) is 7.24. The molecule has 1 atom stereocenters. The molecular formula is C22H28N2O6S. The molecular weight excluding hydrogens is 420 g/mol. The number of ether oxygens (including phenoxy) is 3. The molecule has 3 rings (SSSR count). The highest BCUT2D eigenvalue weighted by molar-refractivity contribution is 7.92. The van der Waals surface area contributed by atoms with Gasteiger partial charge >= 0.3 is 0 Å². The normalized spacial score (nSPS) is 15.6. The van der Waals surface area contributed by atoms with Gasteiger partial charge in [-0.05, 0) is 56.2 Å². The van der Waals surface area contributed by atoms with Crippen molar-refractivity contribution in [2.45, 2.75) is 33.4 Å². The van der Waals surface area contributed by atoms with Crippen LogP contribution in [0.5, 0.6) is 17.2 Å². The van der Waals surface area contributed by atoms with E-state index in [4.69, 9.17) is 14.2 Å². The molecule has 0 saturated carbocycles. The molecule has 0 unspecified atom stereocenters. The summed E-state index contributed by atoms with van der Waals surface area (Å²) >= 11 is 0. The Morgan fingerprint density at radius 1 is 1.13 bits per heavy atom. The lowest BCUT2D eigenvalue weighted by Gasteiger charge is -2.34. The fourth-order valence-electron chi connectivity index (χ4n) is 3.32. The van der Waals surface area contributed by atoms with Crippen molar-refractivity contribution in [2.24, 2.45) is 0 Å². The second kappa shape index (κ2) is 9.47. The fraction of sp³-hybridized carbons (Fsp3) is 0.409. The van der Waals surface area contributed by atoms with Gasteiger partial charge < -0.3 is 19.5 Å². The Hall–Kier alpha value is -2.94. The molecule has 0 spiro atoms. The predicted molar refractivity (Wildman–Crippen MR) is 118 cm³/mol. The molecule has 1 N–H and O–H groups in total. The SMILES string of the molecule is CCOc1ccc(CNC(=O)[C@@H]2CN(S(C)(=O)=O)c3cc(C)ccc3O2)cc1OCC. The minimum Gasteiger partial charge on any atom is -0.490 e. The van der Waals surface area contributed by atoms with Gasteiger partial charge in [0.05, 0.1) is 31.7 Å². The van der Waals surface area contributed by atoms with Crippen LogP contribution in [0.25, 0.3) is 0 Å². The molecule has 2 aromatic carbocycles. The van der Waals surface area contributed by atoms with E-state index in [1.54, 1.807) is 18.2 Å². The van der Waals surface area contributed by atoms with E-state index in [0.29, 0.717) is 36.1 Å². The average molecular weight is 449 g/mol. The number of nitrogens with one attached hydrogen (secondary N) is 1. The van der Waals surface area contributed by atoms with Crippen molar-refractivity contribution >= 4 is 21.6 Å². The summed E-state index contributed by atoms with van der Waals surface area (Å²) in [5.74, 6) is 1.22. The van der Waals surface area contributed by atoms with Crippen LogP contribution in [0.3, 0.4) is 0 Å². The van der Waals surface area contributed by atoms with Crippen molar-refractivity contribution in [3.8, 4) is 17.2 Å². The van der Waals surface area contributed by atoms with E-state index in [9.17, 15) is 13.2 Å². The van der Waals surface area contributed by atoms with E-state index in [1.165, 1.54) is 4.31 Å². The Morgan fingerprint density at radius 2 is 1.84 bits per heavy atom. The van der Waals surface area contributed by atoms with Crippen LogP contribution < -0.4 is 23.8 Å². The zero-order chi connectivity index (χ0) is 22.6. The largest absolute Gasteiger partial charge is 0.490 e. The van der Waals surface area contributed by atoms with E-state index in [0.717, 1.165) is 17.4 Å². The van der Waals surface area contributed by atoms with Crippen LogP contribution >= 0.6 is 0 Å². The van der Waals surface area contributed by atoms with Gasteiger partial charge in [0.2, 0.25) is 10.0 Å². The van der Waals surface area contributed by atoms with Crippen LogP contribution in [0, 0.1) is 6.92 Å². The number of aryl methyl sites for hydroxylation is 1. The molecule has 0 aromatic heterocycles. The maximum Gasteiger partial charge on any atom is 0.263 e. The van der Waals surface area contributed by atoms with Gasteiger partial charge in [0.1, 0.15) is 5.75 Å². The number of anilines is 1. The number of sulfonamides is 1. The van der Waals surface area contributed by atoms with Crippen LogP contribution in [0.15, 0.2) is 36.4 Å². The summed E-state index contributed by atoms with van der Waals surface area (Å²) in [5, 5.41) is 2.82. The predicted octanol–water partition coefficient (Wildman–Crippen LogP) is 2.64. The monoisotopic (exact) mass is 448 g/mol. The maximum absolute atomic E-state index is 12.8. The molecule has 1 aliphatic heterocycles. The standard InChI is InChI=1S/C22H28N2O6S/c1-5-28-19-10-8-16(12-20(19)29-6-2)13-23-22(25)21-14-24(31(4,26)27)17-11-15(3)7-9-18(17)30-21/h7-12,21H,5-6,13-14H2,1-4H3,(H,23,25)/t21-/m0/s1. The summed E-state index contributed by atoms with van der Waals surface area (Å²) in [4.78, 5) is 12.8. The number of nitrogens with zero attached hydrogens (tertiary/aromatic N) is 1. The number of carbonyl (C=O) groups excluding carboxylic acids is 1. The first-order valence-corrected chi connectivity index (χ1v) is 12.0. The van der Waals surface area contributed by atoms with Gasteiger partial charge in [0, 0.05) is 6.54 Å². The summed E-state index contributed by atoms with van der Waals surface area (Å²) in [6, 6.07) is 10.7. The van der Waals surface area contributed by atoms with Crippen LogP contribution in [0.1, 0.15) is 25.0 Å². The van der Waals surface area contributed by atoms with E-state index in [1.807, 2.05) is 39.0 Å². The Kier molecular flexibility index (Phi) is 6.94. The Balaban J connectivity index is 1.74. The number of hydrogen-bond acceptors (Lipinski definition) is 6. The first kappa shape index (κ1) is 22.7.